The lowest BCUT2D eigenvalue weighted by molar-refractivity contribution is -0.195. The molecule has 426 valence electrons. The lowest BCUT2D eigenvalue weighted by Gasteiger charge is -2.64. The molecular weight excluding hydrogens is 1060 g/mol. The van der Waals surface area contributed by atoms with Gasteiger partial charge in [0.2, 0.25) is 20.0 Å². The Balaban J connectivity index is 0.743. The summed E-state index contributed by atoms with van der Waals surface area (Å²) in [5, 5.41) is 49.6. The van der Waals surface area contributed by atoms with E-state index in [1.165, 1.54) is 8.61 Å². The van der Waals surface area contributed by atoms with Crippen molar-refractivity contribution in [3.63, 3.8) is 0 Å². The van der Waals surface area contributed by atoms with Crippen LogP contribution in [0.5, 0.6) is 23.0 Å². The van der Waals surface area contributed by atoms with Gasteiger partial charge >= 0.3 is 11.9 Å². The minimum atomic E-state index is -3.91. The van der Waals surface area contributed by atoms with E-state index in [1.54, 1.807) is 74.8 Å². The first kappa shape index (κ1) is 53.0. The Bertz CT molecular complexity index is 3180. The molecule has 4 N–H and O–H groups in total. The quantitative estimate of drug-likeness (QED) is 0.0872. The Kier molecular flexibility index (Phi) is 12.4. The van der Waals surface area contributed by atoms with Gasteiger partial charge in [-0.2, -0.15) is 8.61 Å². The molecule has 6 aliphatic carbocycles. The Hall–Kier alpha value is -5.00. The summed E-state index contributed by atoms with van der Waals surface area (Å²) in [4.78, 5) is 33.1. The van der Waals surface area contributed by atoms with Gasteiger partial charge in [-0.15, -0.1) is 0 Å². The van der Waals surface area contributed by atoms with Crippen LogP contribution < -0.4 is 18.9 Å². The molecule has 0 aromatic heterocycles. The minimum absolute atomic E-state index is 0.121. The number of aliphatic hydroxyl groups is 4. The zero-order valence-corrected chi connectivity index (χ0v) is 46.7. The lowest BCUT2D eigenvalue weighted by Crippen LogP contribution is -2.78. The van der Waals surface area contributed by atoms with E-state index in [0.717, 1.165) is 49.9 Å². The Morgan fingerprint density at radius 3 is 1.35 bits per heavy atom. The number of likely N-dealkylation sites (tertiary alicyclic amines) is 2. The van der Waals surface area contributed by atoms with Crippen molar-refractivity contribution >= 4 is 32.0 Å². The Morgan fingerprint density at radius 1 is 0.588 bits per heavy atom. The highest BCUT2D eigenvalue weighted by atomic mass is 32.2. The van der Waals surface area contributed by atoms with Crippen LogP contribution >= 0.6 is 0 Å². The molecule has 4 saturated carbocycles. The maximum absolute atomic E-state index is 14.2. The molecule has 14 rings (SSSR count). The number of carbonyl (C=O) groups is 2. The SMILES string of the molecule is CN(C1CC[C@@]2(O)[C@H]3Cc4ccc(OC(=O)C(O)C(O)C(=O)Oc5ccc6c7c5OC5C(N(C)S(=O)(=O)Cc8ccccc8)CC[C@@]8(O)[C@@H](C6)N(CC6CC6)CC[C@]758)c5c4[C@@]2(CCN3CC2CC2)C1O5)S(=O)(=O)Cc1ccccc1. The predicted molar refractivity (Wildman–Crippen MR) is 291 cm³/mol. The van der Waals surface area contributed by atoms with Crippen LogP contribution in [0.3, 0.4) is 0 Å². The van der Waals surface area contributed by atoms with E-state index in [2.05, 4.69) is 9.80 Å². The second-order valence-corrected chi connectivity index (χ2v) is 29.1. The molecule has 4 aromatic rings. The normalized spacial score (nSPS) is 33.5. The van der Waals surface area contributed by atoms with Crippen molar-refractivity contribution in [1.82, 2.24) is 18.4 Å². The summed E-state index contributed by atoms with van der Waals surface area (Å²) >= 11 is 0. The molecule has 80 heavy (non-hydrogen) atoms. The number of sulfonamides is 2. The number of aliphatic hydroxyl groups excluding tert-OH is 2. The molecule has 2 spiro atoms. The number of rotatable bonds is 17. The van der Waals surface area contributed by atoms with Gasteiger partial charge in [0.1, 0.15) is 12.2 Å². The number of esters is 2. The Morgan fingerprint density at radius 2 is 0.975 bits per heavy atom. The first-order valence-corrected chi connectivity index (χ1v) is 31.9. The third-order valence-corrected chi connectivity index (χ3v) is 24.5. The van der Waals surface area contributed by atoms with Crippen molar-refractivity contribution in [2.75, 3.05) is 40.3 Å². The molecule has 4 heterocycles. The maximum atomic E-state index is 14.2. The second-order valence-electron chi connectivity index (χ2n) is 25.0. The highest BCUT2D eigenvalue weighted by Crippen LogP contribution is 2.68. The summed E-state index contributed by atoms with van der Waals surface area (Å²) in [6, 6.07) is 22.6. The molecule has 6 fully saturated rings. The van der Waals surface area contributed by atoms with Crippen LogP contribution in [0, 0.1) is 11.8 Å². The van der Waals surface area contributed by atoms with E-state index in [1.807, 2.05) is 24.3 Å². The Labute approximate surface area is 466 Å². The first-order valence-electron chi connectivity index (χ1n) is 28.7. The van der Waals surface area contributed by atoms with Crippen molar-refractivity contribution < 1.29 is 65.8 Å². The lowest BCUT2D eigenvalue weighted by atomic mass is 9.48. The molecule has 4 bridgehead atoms. The number of piperidine rings is 2. The van der Waals surface area contributed by atoms with Gasteiger partial charge in [0.25, 0.3) is 0 Å². The van der Waals surface area contributed by atoms with Crippen LogP contribution in [-0.4, -0.2) is 168 Å². The standard InChI is InChI=1S/C60H70N4O14S2/c1-61(79(71,72)33-37-9-5-3-6-10-37)41-21-23-59(69)45-29-39-17-19-43(51-47(39)57(59,53(41)77-51)25-27-63(45)31-35-13-14-35)75-55(67)49(65)50(66)56(68)76-44-20-18-40-30-46-60(70)24-22-42(62(2)80(73,74)34-38-11-7-4-8-12-38)54-58(60,48(40)52(44)78-54)26-28-64(46)32-36-15-16-36/h3-12,17-20,35-36,41-42,45-46,49-50,53-54,65-66,69-70H,13-16,21-34H2,1-2H3/t41?,42?,45-,46-,49?,50?,53?,54?,57+,58+,59-,60-/m1/s1. The van der Waals surface area contributed by atoms with Crippen LogP contribution in [0.2, 0.25) is 0 Å². The average Bonchev–Trinajstić information content (AvgIpc) is 1.68. The summed E-state index contributed by atoms with van der Waals surface area (Å²) in [6.07, 6.45) is 0.931. The molecule has 0 amide bonds. The predicted octanol–water partition coefficient (Wildman–Crippen LogP) is 3.71. The van der Waals surface area contributed by atoms with E-state index in [9.17, 15) is 46.9 Å². The number of ether oxygens (including phenoxy) is 4. The topological polar surface area (TPSA) is 233 Å². The van der Waals surface area contributed by atoms with Crippen molar-refractivity contribution in [2.24, 2.45) is 11.8 Å². The van der Waals surface area contributed by atoms with E-state index >= 15 is 0 Å². The molecule has 6 unspecified atom stereocenters. The van der Waals surface area contributed by atoms with Gasteiger partial charge in [-0.05, 0) is 136 Å². The summed E-state index contributed by atoms with van der Waals surface area (Å²) in [6.45, 7) is 2.99. The highest BCUT2D eigenvalue weighted by Gasteiger charge is 2.75. The van der Waals surface area contributed by atoms with E-state index in [0.29, 0.717) is 98.5 Å². The fraction of sp³-hybridized carbons (Fsp3) is 0.567. The van der Waals surface area contributed by atoms with Gasteiger partial charge in [-0.3, -0.25) is 9.80 Å². The largest absolute Gasteiger partial charge is 0.483 e. The second kappa shape index (κ2) is 18.8. The number of hydrogen-bond donors (Lipinski definition) is 4. The third-order valence-electron chi connectivity index (χ3n) is 20.8. The van der Waals surface area contributed by atoms with Crippen LogP contribution in [0.25, 0.3) is 0 Å². The number of nitrogens with zero attached hydrogens (tertiary/aromatic N) is 4. The molecule has 12 atom stereocenters. The summed E-state index contributed by atoms with van der Waals surface area (Å²) < 4.78 is 85.3. The smallest absolute Gasteiger partial charge is 0.343 e. The zero-order valence-electron chi connectivity index (χ0n) is 45.1. The van der Waals surface area contributed by atoms with Crippen LogP contribution in [0.4, 0.5) is 0 Å². The average molecular weight is 1140 g/mol. The van der Waals surface area contributed by atoms with Gasteiger partial charge in [-0.1, -0.05) is 72.8 Å². The van der Waals surface area contributed by atoms with E-state index in [-0.39, 0.29) is 46.6 Å². The molecule has 18 nitrogen and oxygen atoms in total. The fourth-order valence-electron chi connectivity index (χ4n) is 16.6. The van der Waals surface area contributed by atoms with Gasteiger partial charge in [0.05, 0.1) is 45.6 Å². The molecule has 2 saturated heterocycles. The van der Waals surface area contributed by atoms with Gasteiger partial charge in [0, 0.05) is 50.4 Å². The van der Waals surface area contributed by atoms with Crippen molar-refractivity contribution in [3.8, 4) is 23.0 Å². The molecule has 10 aliphatic rings. The van der Waals surface area contributed by atoms with E-state index in [4.69, 9.17) is 18.9 Å². The summed E-state index contributed by atoms with van der Waals surface area (Å²) in [5.74, 6) is -2.10. The van der Waals surface area contributed by atoms with Crippen molar-refractivity contribution in [2.45, 2.75) is 159 Å². The fourth-order valence-corrected chi connectivity index (χ4v) is 19.5. The molecular formula is C60H70N4O14S2. The number of carbonyl (C=O) groups excluding carboxylic acids is 2. The van der Waals surface area contributed by atoms with Gasteiger partial charge in [-0.25, -0.2) is 26.4 Å². The molecule has 4 aromatic carbocycles. The molecule has 0 radical (unpaired) electrons. The molecule has 4 aliphatic heterocycles. The third kappa shape index (κ3) is 7.89. The van der Waals surface area contributed by atoms with Crippen LogP contribution in [-0.2, 0) is 64.8 Å². The monoisotopic (exact) mass is 1130 g/mol. The van der Waals surface area contributed by atoms with Crippen LogP contribution in [0.15, 0.2) is 84.9 Å². The van der Waals surface area contributed by atoms with Crippen molar-refractivity contribution in [1.29, 1.82) is 0 Å². The number of hydrogen-bond acceptors (Lipinski definition) is 16. The zero-order chi connectivity index (χ0) is 55.5. The van der Waals surface area contributed by atoms with Crippen molar-refractivity contribution in [3.05, 3.63) is 118 Å². The summed E-state index contributed by atoms with van der Waals surface area (Å²) in [5.41, 5.74) is -0.531. The molecule has 20 heteroatoms. The number of benzene rings is 4. The minimum Gasteiger partial charge on any atom is -0.483 e. The highest BCUT2D eigenvalue weighted by molar-refractivity contribution is 7.88. The summed E-state index contributed by atoms with van der Waals surface area (Å²) in [7, 11) is -4.72. The first-order chi connectivity index (χ1) is 38.3. The van der Waals surface area contributed by atoms with Gasteiger partial charge < -0.3 is 39.4 Å². The van der Waals surface area contributed by atoms with Gasteiger partial charge in [0.15, 0.2) is 35.2 Å². The maximum Gasteiger partial charge on any atom is 0.343 e. The van der Waals surface area contributed by atoms with E-state index < -0.39 is 90.5 Å². The van der Waals surface area contributed by atoms with Crippen LogP contribution in [0.1, 0.15) is 97.6 Å². The number of likely N-dealkylation sites (N-methyl/N-ethyl adjacent to an activating group) is 2.